The van der Waals surface area contributed by atoms with Crippen molar-refractivity contribution in [2.45, 2.75) is 6.92 Å². The van der Waals surface area contributed by atoms with E-state index in [-0.39, 0.29) is 0 Å². The lowest BCUT2D eigenvalue weighted by atomic mass is 10.3. The van der Waals surface area contributed by atoms with Gasteiger partial charge in [0.25, 0.3) is 0 Å². The summed E-state index contributed by atoms with van der Waals surface area (Å²) in [5.74, 6) is 2.16. The standard InChI is InChI=1S/C16H16N4O/c1-12-16(18-11-20(12)2)19-13-8-9-15(17-10-13)21-14-6-4-3-5-7-14/h3-11,19H,1-2H3. The molecule has 0 atom stereocenters. The SMILES string of the molecule is Cc1c(Nc2ccc(Oc3ccccc3)nc2)ncn1C. The van der Waals surface area contributed by atoms with Gasteiger partial charge in [-0.1, -0.05) is 18.2 Å². The molecule has 0 fully saturated rings. The minimum Gasteiger partial charge on any atom is -0.439 e. The highest BCUT2D eigenvalue weighted by Gasteiger charge is 2.05. The van der Waals surface area contributed by atoms with Crippen molar-refractivity contribution in [1.82, 2.24) is 14.5 Å². The molecule has 1 N–H and O–H groups in total. The van der Waals surface area contributed by atoms with Crippen LogP contribution in [-0.2, 0) is 7.05 Å². The van der Waals surface area contributed by atoms with E-state index in [1.54, 1.807) is 12.5 Å². The molecule has 106 valence electrons. The summed E-state index contributed by atoms with van der Waals surface area (Å²) < 4.78 is 7.61. The highest BCUT2D eigenvalue weighted by atomic mass is 16.5. The van der Waals surface area contributed by atoms with Crippen molar-refractivity contribution in [1.29, 1.82) is 0 Å². The Kier molecular flexibility index (Phi) is 3.55. The van der Waals surface area contributed by atoms with E-state index in [0.29, 0.717) is 5.88 Å². The average molecular weight is 280 g/mol. The number of aryl methyl sites for hydroxylation is 1. The van der Waals surface area contributed by atoms with Crippen LogP contribution in [0.25, 0.3) is 0 Å². The van der Waals surface area contributed by atoms with Crippen molar-refractivity contribution in [2.24, 2.45) is 7.05 Å². The zero-order valence-electron chi connectivity index (χ0n) is 11.9. The molecule has 1 aromatic carbocycles. The maximum atomic E-state index is 5.65. The number of benzene rings is 1. The number of aromatic nitrogens is 3. The van der Waals surface area contributed by atoms with Crippen LogP contribution >= 0.6 is 0 Å². The van der Waals surface area contributed by atoms with Gasteiger partial charge in [0.05, 0.1) is 23.9 Å². The predicted molar refractivity (Wildman–Crippen MR) is 82.0 cm³/mol. The van der Waals surface area contributed by atoms with E-state index in [1.165, 1.54) is 0 Å². The Balaban J connectivity index is 1.71. The molecule has 0 saturated carbocycles. The first kappa shape index (κ1) is 13.2. The second-order valence-corrected chi connectivity index (χ2v) is 4.71. The molecule has 0 unspecified atom stereocenters. The first-order valence-electron chi connectivity index (χ1n) is 6.66. The van der Waals surface area contributed by atoms with Crippen LogP contribution in [0.5, 0.6) is 11.6 Å². The zero-order valence-corrected chi connectivity index (χ0v) is 11.9. The van der Waals surface area contributed by atoms with Crippen molar-refractivity contribution in [3.05, 3.63) is 60.7 Å². The average Bonchev–Trinajstić information content (AvgIpc) is 2.82. The summed E-state index contributed by atoms with van der Waals surface area (Å²) in [6.07, 6.45) is 3.50. The van der Waals surface area contributed by atoms with Crippen molar-refractivity contribution in [3.8, 4) is 11.6 Å². The zero-order chi connectivity index (χ0) is 14.7. The van der Waals surface area contributed by atoms with Gasteiger partial charge in [0.2, 0.25) is 5.88 Å². The fraction of sp³-hybridized carbons (Fsp3) is 0.125. The topological polar surface area (TPSA) is 52.0 Å². The number of nitrogens with one attached hydrogen (secondary N) is 1. The van der Waals surface area contributed by atoms with Crippen molar-refractivity contribution in [3.63, 3.8) is 0 Å². The number of rotatable bonds is 4. The third kappa shape index (κ3) is 3.02. The molecule has 0 aliphatic carbocycles. The molecule has 3 rings (SSSR count). The van der Waals surface area contributed by atoms with E-state index in [0.717, 1.165) is 22.9 Å². The van der Waals surface area contributed by atoms with E-state index in [4.69, 9.17) is 4.74 Å². The van der Waals surface area contributed by atoms with Crippen molar-refractivity contribution in [2.75, 3.05) is 5.32 Å². The number of hydrogen-bond donors (Lipinski definition) is 1. The summed E-state index contributed by atoms with van der Waals surface area (Å²) in [7, 11) is 1.96. The van der Waals surface area contributed by atoms with E-state index in [1.807, 2.05) is 61.0 Å². The van der Waals surface area contributed by atoms with Crippen molar-refractivity contribution >= 4 is 11.5 Å². The van der Waals surface area contributed by atoms with Crippen LogP contribution in [0.1, 0.15) is 5.69 Å². The summed E-state index contributed by atoms with van der Waals surface area (Å²) in [6, 6.07) is 13.3. The van der Waals surface area contributed by atoms with Gasteiger partial charge in [-0.15, -0.1) is 0 Å². The lowest BCUT2D eigenvalue weighted by Gasteiger charge is -2.07. The van der Waals surface area contributed by atoms with Crippen LogP contribution in [0, 0.1) is 6.92 Å². The molecule has 2 heterocycles. The molecule has 0 spiro atoms. The minimum absolute atomic E-state index is 0.560. The van der Waals surface area contributed by atoms with Gasteiger partial charge in [-0.3, -0.25) is 0 Å². The summed E-state index contributed by atoms with van der Waals surface area (Å²) in [4.78, 5) is 8.58. The van der Waals surface area contributed by atoms with Gasteiger partial charge < -0.3 is 14.6 Å². The van der Waals surface area contributed by atoms with Crippen LogP contribution in [0.15, 0.2) is 55.0 Å². The molecular weight excluding hydrogens is 264 g/mol. The van der Waals surface area contributed by atoms with Gasteiger partial charge in [-0.2, -0.15) is 0 Å². The third-order valence-corrected chi connectivity index (χ3v) is 3.20. The normalized spacial score (nSPS) is 10.4. The molecule has 0 amide bonds. The summed E-state index contributed by atoms with van der Waals surface area (Å²) in [5, 5.41) is 3.23. The molecule has 21 heavy (non-hydrogen) atoms. The van der Waals surface area contributed by atoms with Gasteiger partial charge in [-0.05, 0) is 25.1 Å². The van der Waals surface area contributed by atoms with Gasteiger partial charge >= 0.3 is 0 Å². The van der Waals surface area contributed by atoms with Gasteiger partial charge in [0.15, 0.2) is 5.82 Å². The molecule has 0 radical (unpaired) electrons. The maximum absolute atomic E-state index is 5.65. The monoisotopic (exact) mass is 280 g/mol. The smallest absolute Gasteiger partial charge is 0.219 e. The molecular formula is C16H16N4O. The number of hydrogen-bond acceptors (Lipinski definition) is 4. The lowest BCUT2D eigenvalue weighted by Crippen LogP contribution is -1.96. The lowest BCUT2D eigenvalue weighted by molar-refractivity contribution is 0.463. The number of nitrogens with zero attached hydrogens (tertiary/aromatic N) is 3. The second-order valence-electron chi connectivity index (χ2n) is 4.71. The molecule has 5 heteroatoms. The Hall–Kier alpha value is -2.82. The van der Waals surface area contributed by atoms with Gasteiger partial charge in [-0.25, -0.2) is 9.97 Å². The first-order valence-corrected chi connectivity index (χ1v) is 6.66. The summed E-state index contributed by atoms with van der Waals surface area (Å²) >= 11 is 0. The molecule has 2 aromatic heterocycles. The predicted octanol–water partition coefficient (Wildman–Crippen LogP) is 3.66. The first-order chi connectivity index (χ1) is 10.2. The second kappa shape index (κ2) is 5.66. The third-order valence-electron chi connectivity index (χ3n) is 3.20. The number of pyridine rings is 1. The fourth-order valence-corrected chi connectivity index (χ4v) is 1.87. The molecule has 5 nitrogen and oxygen atoms in total. The van der Waals surface area contributed by atoms with Gasteiger partial charge in [0.1, 0.15) is 5.75 Å². The molecule has 0 aliphatic rings. The number of imidazole rings is 1. The highest BCUT2D eigenvalue weighted by molar-refractivity contribution is 5.57. The van der Waals surface area contributed by atoms with Crippen molar-refractivity contribution < 1.29 is 4.74 Å². The number of anilines is 2. The van der Waals surface area contributed by atoms with Crippen LogP contribution in [0.3, 0.4) is 0 Å². The largest absolute Gasteiger partial charge is 0.439 e. The summed E-state index contributed by atoms with van der Waals surface area (Å²) in [5.41, 5.74) is 1.94. The summed E-state index contributed by atoms with van der Waals surface area (Å²) in [6.45, 7) is 2.01. The highest BCUT2D eigenvalue weighted by Crippen LogP contribution is 2.22. The van der Waals surface area contributed by atoms with Crippen LogP contribution < -0.4 is 10.1 Å². The fourth-order valence-electron chi connectivity index (χ4n) is 1.87. The number of ether oxygens (including phenoxy) is 1. The molecule has 3 aromatic rings. The van der Waals surface area contributed by atoms with E-state index < -0.39 is 0 Å². The Morgan fingerprint density at radius 3 is 2.48 bits per heavy atom. The van der Waals surface area contributed by atoms with E-state index >= 15 is 0 Å². The Labute approximate surface area is 123 Å². The van der Waals surface area contributed by atoms with Gasteiger partial charge in [0, 0.05) is 13.1 Å². The minimum atomic E-state index is 0.560. The Morgan fingerprint density at radius 2 is 1.86 bits per heavy atom. The van der Waals surface area contributed by atoms with Crippen LogP contribution in [-0.4, -0.2) is 14.5 Å². The molecule has 0 bridgehead atoms. The maximum Gasteiger partial charge on any atom is 0.219 e. The number of para-hydroxylation sites is 1. The van der Waals surface area contributed by atoms with E-state index in [2.05, 4.69) is 15.3 Å². The Bertz CT molecular complexity index is 720. The molecule has 0 saturated heterocycles. The van der Waals surface area contributed by atoms with E-state index in [9.17, 15) is 0 Å². The van der Waals surface area contributed by atoms with Crippen LogP contribution in [0.4, 0.5) is 11.5 Å². The molecule has 0 aliphatic heterocycles. The van der Waals surface area contributed by atoms with Crippen LogP contribution in [0.2, 0.25) is 0 Å². The Morgan fingerprint density at radius 1 is 1.05 bits per heavy atom. The quantitative estimate of drug-likeness (QED) is 0.792.